The van der Waals surface area contributed by atoms with Crippen LogP contribution >= 0.6 is 0 Å². The number of carboxylic acid groups (broad SMARTS) is 1. The van der Waals surface area contributed by atoms with Crippen LogP contribution < -0.4 is 0 Å². The molecular formula is C57H88O23. The van der Waals surface area contributed by atoms with E-state index >= 15 is 0 Å². The predicted octanol–water partition coefficient (Wildman–Crippen LogP) is 0.263. The molecule has 5 aliphatic carbocycles. The quantitative estimate of drug-likeness (QED) is 0.0480. The number of esters is 2. The fourth-order valence-corrected chi connectivity index (χ4v) is 16.2. The fourth-order valence-electron chi connectivity index (χ4n) is 16.2. The molecule has 3 heterocycles. The Morgan fingerprint density at radius 1 is 0.637 bits per heavy atom. The first kappa shape index (κ1) is 63.0. The van der Waals surface area contributed by atoms with Crippen LogP contribution in [0.5, 0.6) is 0 Å². The van der Waals surface area contributed by atoms with Gasteiger partial charge in [-0.2, -0.15) is 0 Å². The Balaban J connectivity index is 1.14. The summed E-state index contributed by atoms with van der Waals surface area (Å²) in [6.07, 6.45) is -24.0. The number of aliphatic hydroxyl groups is 11. The molecule has 0 radical (unpaired) electrons. The van der Waals surface area contributed by atoms with Crippen LogP contribution in [0.4, 0.5) is 0 Å². The van der Waals surface area contributed by atoms with Gasteiger partial charge in [-0.15, -0.1) is 0 Å². The number of carbonyl (C=O) groups is 3. The Kier molecular flexibility index (Phi) is 17.9. The van der Waals surface area contributed by atoms with E-state index in [1.807, 2.05) is 34.6 Å². The summed E-state index contributed by atoms with van der Waals surface area (Å²) in [7, 11) is 0. The summed E-state index contributed by atoms with van der Waals surface area (Å²) in [6, 6.07) is 0. The second-order valence-corrected chi connectivity index (χ2v) is 26.0. The van der Waals surface area contributed by atoms with Crippen LogP contribution in [0.3, 0.4) is 0 Å². The Morgan fingerprint density at radius 3 is 1.71 bits per heavy atom. The molecule has 0 spiro atoms. The molecule has 8 aliphatic rings. The van der Waals surface area contributed by atoms with Crippen molar-refractivity contribution in [1.82, 2.24) is 0 Å². The summed E-state index contributed by atoms with van der Waals surface area (Å²) in [5, 5.41) is 134. The zero-order chi connectivity index (χ0) is 59.3. The third kappa shape index (κ3) is 9.76. The predicted molar refractivity (Wildman–Crippen MR) is 277 cm³/mol. The molecule has 8 unspecified atom stereocenters. The van der Waals surface area contributed by atoms with E-state index in [1.54, 1.807) is 39.8 Å². The Hall–Kier alpha value is -3.05. The minimum atomic E-state index is -2.13. The summed E-state index contributed by atoms with van der Waals surface area (Å²) in [6.45, 7) is 18.4. The van der Waals surface area contributed by atoms with Gasteiger partial charge in [0.2, 0.25) is 0 Å². The van der Waals surface area contributed by atoms with Gasteiger partial charge in [0, 0.05) is 22.0 Å². The number of carboxylic acids is 1. The highest BCUT2D eigenvalue weighted by Crippen LogP contribution is 2.76. The molecule has 0 aromatic carbocycles. The molecule has 3 saturated heterocycles. The smallest absolute Gasteiger partial charge is 0.335 e. The lowest BCUT2D eigenvalue weighted by atomic mass is 9.32. The largest absolute Gasteiger partial charge is 0.479 e. The molecule has 12 N–H and O–H groups in total. The molecule has 23 heteroatoms. The van der Waals surface area contributed by atoms with Gasteiger partial charge in [0.25, 0.3) is 0 Å². The van der Waals surface area contributed by atoms with Gasteiger partial charge in [-0.25, -0.2) is 14.4 Å². The van der Waals surface area contributed by atoms with E-state index in [4.69, 9.17) is 37.9 Å². The maximum atomic E-state index is 13.9. The molecule has 26 atom stereocenters. The molecule has 3 aliphatic heterocycles. The molecule has 0 amide bonds. The number of allylic oxidation sites excluding steroid dienone is 3. The molecule has 0 aromatic rings. The first-order chi connectivity index (χ1) is 37.3. The third-order valence-electron chi connectivity index (χ3n) is 21.4. The maximum Gasteiger partial charge on any atom is 0.335 e. The van der Waals surface area contributed by atoms with Gasteiger partial charge in [0.15, 0.2) is 31.1 Å². The standard InChI is InChI=1S/C57H88O23/c1-12-24(3)47(71)79-44-45(80-48(72)25(4)13-2)57(23-60)27(20-52(44,5)6)26-14-15-31-54(9)18-17-32(53(7,8)30(54)16-19-55(31,10)56(26,11)42(67)43(57)68)75-51-41(78-50-37(65)35(63)33(61)28(21-58)73-50)39(38(66)40(77-51)46(69)70)76-49-36(64)34(62)29(22-59)74-49/h12-14,27-45,49-51,58-68H,15-23H2,1-11H3,(H,69,70)/t27?,28?,29-,30?,31?,32-,33-,34?,35+,36-,37?,38-,39+,40?,41?,42-,43+,44-,45-,49-,50-,51+,54-,55+,56-,57-/m0/s1. The minimum Gasteiger partial charge on any atom is -0.479 e. The molecule has 454 valence electrons. The zero-order valence-electron chi connectivity index (χ0n) is 47.7. The molecule has 80 heavy (non-hydrogen) atoms. The van der Waals surface area contributed by atoms with Crippen LogP contribution in [0.2, 0.25) is 0 Å². The number of ether oxygens (including phenoxy) is 8. The average Bonchev–Trinajstić information content (AvgIpc) is 3.72. The topological polar surface area (TPSA) is 368 Å². The van der Waals surface area contributed by atoms with Crippen molar-refractivity contribution in [3.05, 3.63) is 34.9 Å². The van der Waals surface area contributed by atoms with Crippen molar-refractivity contribution in [3.63, 3.8) is 0 Å². The van der Waals surface area contributed by atoms with E-state index in [9.17, 15) is 75.7 Å². The van der Waals surface area contributed by atoms with Crippen molar-refractivity contribution in [2.45, 2.75) is 231 Å². The van der Waals surface area contributed by atoms with Gasteiger partial charge in [-0.3, -0.25) is 0 Å². The highest BCUT2D eigenvalue weighted by atomic mass is 16.8. The number of hydrogen-bond donors (Lipinski definition) is 12. The number of rotatable bonds is 14. The first-order valence-electron chi connectivity index (χ1n) is 28.1. The van der Waals surface area contributed by atoms with Crippen molar-refractivity contribution in [2.75, 3.05) is 19.8 Å². The molecule has 0 aromatic heterocycles. The van der Waals surface area contributed by atoms with Crippen LogP contribution in [0.15, 0.2) is 34.9 Å². The Morgan fingerprint density at radius 2 is 1.18 bits per heavy atom. The van der Waals surface area contributed by atoms with E-state index in [1.165, 1.54) is 0 Å². The monoisotopic (exact) mass is 1140 g/mol. The highest BCUT2D eigenvalue weighted by molar-refractivity contribution is 5.89. The molecule has 0 bridgehead atoms. The number of aliphatic hydroxyl groups excluding tert-OH is 11. The van der Waals surface area contributed by atoms with Crippen LogP contribution in [-0.4, -0.2) is 216 Å². The van der Waals surface area contributed by atoms with Gasteiger partial charge in [-0.05, 0) is 100 Å². The van der Waals surface area contributed by atoms with Crippen molar-refractivity contribution >= 4 is 17.9 Å². The van der Waals surface area contributed by atoms with Crippen molar-refractivity contribution in [1.29, 1.82) is 0 Å². The van der Waals surface area contributed by atoms with E-state index in [0.29, 0.717) is 37.7 Å². The van der Waals surface area contributed by atoms with Crippen LogP contribution in [-0.2, 0) is 52.3 Å². The maximum absolute atomic E-state index is 13.9. The fraction of sp³-hybridized carbons (Fsp3) is 0.842. The first-order valence-corrected chi connectivity index (χ1v) is 28.1. The van der Waals surface area contributed by atoms with Gasteiger partial charge < -0.3 is 99.2 Å². The summed E-state index contributed by atoms with van der Waals surface area (Å²) in [5.74, 6) is -4.01. The van der Waals surface area contributed by atoms with Crippen LogP contribution in [0.1, 0.15) is 115 Å². The summed E-state index contributed by atoms with van der Waals surface area (Å²) < 4.78 is 49.0. The number of hydrogen-bond acceptors (Lipinski definition) is 22. The van der Waals surface area contributed by atoms with Crippen molar-refractivity contribution < 1.29 is 114 Å². The second-order valence-electron chi connectivity index (χ2n) is 26.0. The molecule has 4 saturated carbocycles. The van der Waals surface area contributed by atoms with Gasteiger partial charge in [0.05, 0.1) is 43.5 Å². The third-order valence-corrected chi connectivity index (χ3v) is 21.4. The van der Waals surface area contributed by atoms with Gasteiger partial charge in [-0.1, -0.05) is 72.3 Å². The average molecular weight is 1140 g/mol. The molecule has 7 fully saturated rings. The van der Waals surface area contributed by atoms with Crippen LogP contribution in [0.25, 0.3) is 0 Å². The highest BCUT2D eigenvalue weighted by Gasteiger charge is 2.76. The van der Waals surface area contributed by atoms with Crippen molar-refractivity contribution in [3.8, 4) is 0 Å². The summed E-state index contributed by atoms with van der Waals surface area (Å²) in [5.41, 5.74) is -4.40. The lowest BCUT2D eigenvalue weighted by Crippen LogP contribution is -2.76. The van der Waals surface area contributed by atoms with Gasteiger partial charge >= 0.3 is 17.9 Å². The Labute approximate surface area is 466 Å². The SMILES string of the molecule is CC=C(C)C(=O)O[C@H]1[C@H](OC(=O)C(C)=CC)[C@@]2(CO)C(CC1(C)C)C1=CCC3[C@@]4(C)CC[C@H](O[C@@H]5OC(C(=O)O)[C@@H](O)[C@@H](O[C@@H]6O[C@@H](CO)C(O)[C@@H]6O)C5O[C@@H]5OC(CO)[C@H](O)[C@@H](O)C5O)C(C)(C)C4CC[C@@]3(C)[C@]1(C)[C@@H](O)[C@H]2O. The zero-order valence-corrected chi connectivity index (χ0v) is 47.7. The minimum absolute atomic E-state index is 0.153. The van der Waals surface area contributed by atoms with Crippen molar-refractivity contribution in [2.24, 2.45) is 50.2 Å². The molecular weight excluding hydrogens is 1050 g/mol. The van der Waals surface area contributed by atoms with E-state index < -0.39 is 193 Å². The lowest BCUT2D eigenvalue weighted by molar-refractivity contribution is -0.386. The number of fused-ring (bicyclic) bond motifs is 7. The van der Waals surface area contributed by atoms with Gasteiger partial charge in [0.1, 0.15) is 67.1 Å². The normalized spacial score (nSPS) is 49.0. The molecule has 8 rings (SSSR count). The lowest BCUT2D eigenvalue weighted by Gasteiger charge is -2.73. The summed E-state index contributed by atoms with van der Waals surface area (Å²) in [4.78, 5) is 40.3. The van der Waals surface area contributed by atoms with E-state index in [-0.39, 0.29) is 23.8 Å². The number of carbonyl (C=O) groups excluding carboxylic acids is 2. The Bertz CT molecular complexity index is 2390. The summed E-state index contributed by atoms with van der Waals surface area (Å²) >= 11 is 0. The van der Waals surface area contributed by atoms with E-state index in [0.717, 1.165) is 5.57 Å². The number of aliphatic carboxylic acids is 1. The molecule has 23 nitrogen and oxygen atoms in total. The second kappa shape index (κ2) is 22.7. The van der Waals surface area contributed by atoms with E-state index in [2.05, 4.69) is 19.9 Å². The van der Waals surface area contributed by atoms with Crippen LogP contribution in [0, 0.1) is 50.2 Å².